The summed E-state index contributed by atoms with van der Waals surface area (Å²) in [5.41, 5.74) is 0.734. The zero-order valence-corrected chi connectivity index (χ0v) is 14.9. The van der Waals surface area contributed by atoms with E-state index in [4.69, 9.17) is 0 Å². The van der Waals surface area contributed by atoms with E-state index < -0.39 is 0 Å². The summed E-state index contributed by atoms with van der Waals surface area (Å²) in [5, 5.41) is 3.48. The Morgan fingerprint density at radius 3 is 2.57 bits per heavy atom. The van der Waals surface area contributed by atoms with E-state index in [1.165, 1.54) is 15.8 Å². The quantitative estimate of drug-likeness (QED) is 0.679. The molecule has 0 fully saturated rings. The van der Waals surface area contributed by atoms with Crippen LogP contribution in [0.25, 0.3) is 0 Å². The van der Waals surface area contributed by atoms with Crippen molar-refractivity contribution in [2.24, 2.45) is 0 Å². The summed E-state index contributed by atoms with van der Waals surface area (Å²) in [5.74, 6) is -0.148. The molecule has 0 saturated carbocycles. The summed E-state index contributed by atoms with van der Waals surface area (Å²) in [6.07, 6.45) is 2.92. The Kier molecular flexibility index (Phi) is 6.40. The Bertz CT molecular complexity index is 562. The fourth-order valence-electron chi connectivity index (χ4n) is 2.36. The first-order valence-corrected chi connectivity index (χ1v) is 9.01. The first kappa shape index (κ1) is 16.7. The second-order valence-electron chi connectivity index (χ2n) is 5.07. The molecular formula is C17H21BrFNS. The van der Waals surface area contributed by atoms with Gasteiger partial charge in [-0.1, -0.05) is 35.8 Å². The molecule has 21 heavy (non-hydrogen) atoms. The lowest BCUT2D eigenvalue weighted by Gasteiger charge is -2.20. The number of hydrogen-bond acceptors (Lipinski definition) is 2. The number of rotatable bonds is 7. The number of aryl methyl sites for hydroxylation is 1. The SMILES string of the molecule is CCCNC(Cc1ccc(CC)s1)c1c(F)cccc1Br. The zero-order chi connectivity index (χ0) is 15.2. The van der Waals surface area contributed by atoms with Crippen LogP contribution in [0.5, 0.6) is 0 Å². The van der Waals surface area contributed by atoms with Crippen molar-refractivity contribution >= 4 is 27.3 Å². The van der Waals surface area contributed by atoms with Crippen LogP contribution in [0.2, 0.25) is 0 Å². The van der Waals surface area contributed by atoms with Gasteiger partial charge in [-0.05, 0) is 43.7 Å². The molecule has 1 aromatic carbocycles. The molecule has 0 bridgehead atoms. The molecule has 2 rings (SSSR count). The Morgan fingerprint density at radius 2 is 1.95 bits per heavy atom. The molecule has 0 saturated heterocycles. The fraction of sp³-hybridized carbons (Fsp3) is 0.412. The van der Waals surface area contributed by atoms with Gasteiger partial charge in [-0.2, -0.15) is 0 Å². The molecule has 0 radical (unpaired) electrons. The van der Waals surface area contributed by atoms with Crippen LogP contribution in [0, 0.1) is 5.82 Å². The molecule has 0 aliphatic rings. The maximum atomic E-state index is 14.2. The van der Waals surface area contributed by atoms with E-state index in [1.54, 1.807) is 6.07 Å². The second kappa shape index (κ2) is 8.06. The van der Waals surface area contributed by atoms with Gasteiger partial charge in [0, 0.05) is 32.3 Å². The molecule has 1 heterocycles. The van der Waals surface area contributed by atoms with Crippen LogP contribution in [-0.2, 0) is 12.8 Å². The van der Waals surface area contributed by atoms with Crippen LogP contribution >= 0.6 is 27.3 Å². The highest BCUT2D eigenvalue weighted by Crippen LogP contribution is 2.30. The molecule has 0 aliphatic carbocycles. The highest BCUT2D eigenvalue weighted by atomic mass is 79.9. The van der Waals surface area contributed by atoms with E-state index >= 15 is 0 Å². The molecule has 0 amide bonds. The smallest absolute Gasteiger partial charge is 0.129 e. The normalized spacial score (nSPS) is 12.6. The van der Waals surface area contributed by atoms with E-state index in [-0.39, 0.29) is 11.9 Å². The van der Waals surface area contributed by atoms with Gasteiger partial charge in [0.25, 0.3) is 0 Å². The van der Waals surface area contributed by atoms with Crippen molar-refractivity contribution in [1.82, 2.24) is 5.32 Å². The summed E-state index contributed by atoms with van der Waals surface area (Å²) in [7, 11) is 0. The fourth-order valence-corrected chi connectivity index (χ4v) is 3.98. The standard InChI is InChI=1S/C17H21BrFNS/c1-3-10-20-16(11-13-9-8-12(4-2)21-13)17-14(18)6-5-7-15(17)19/h5-9,16,20H,3-4,10-11H2,1-2H3. The van der Waals surface area contributed by atoms with Gasteiger partial charge in [-0.15, -0.1) is 11.3 Å². The van der Waals surface area contributed by atoms with E-state index in [0.717, 1.165) is 35.8 Å². The Balaban J connectivity index is 2.25. The van der Waals surface area contributed by atoms with Crippen LogP contribution in [0.4, 0.5) is 4.39 Å². The predicted octanol–water partition coefficient (Wildman–Crippen LogP) is 5.50. The summed E-state index contributed by atoms with van der Waals surface area (Å²) in [4.78, 5) is 2.68. The maximum absolute atomic E-state index is 14.2. The lowest BCUT2D eigenvalue weighted by atomic mass is 10.0. The average molecular weight is 370 g/mol. The minimum absolute atomic E-state index is 0.00359. The highest BCUT2D eigenvalue weighted by Gasteiger charge is 2.19. The largest absolute Gasteiger partial charge is 0.309 e. The zero-order valence-electron chi connectivity index (χ0n) is 12.5. The minimum Gasteiger partial charge on any atom is -0.309 e. The molecule has 4 heteroatoms. The van der Waals surface area contributed by atoms with Crippen molar-refractivity contribution in [3.63, 3.8) is 0 Å². The number of hydrogen-bond donors (Lipinski definition) is 1. The molecule has 1 nitrogen and oxygen atoms in total. The first-order chi connectivity index (χ1) is 10.2. The van der Waals surface area contributed by atoms with Crippen molar-refractivity contribution in [2.45, 2.75) is 39.2 Å². The van der Waals surface area contributed by atoms with Crippen LogP contribution in [0.1, 0.15) is 41.6 Å². The van der Waals surface area contributed by atoms with Crippen molar-refractivity contribution in [3.05, 3.63) is 55.9 Å². The van der Waals surface area contributed by atoms with Crippen molar-refractivity contribution in [1.29, 1.82) is 0 Å². The Labute approximate surface area is 138 Å². The van der Waals surface area contributed by atoms with Crippen molar-refractivity contribution in [2.75, 3.05) is 6.54 Å². The summed E-state index contributed by atoms with van der Waals surface area (Å²) in [6, 6.07) is 9.52. The van der Waals surface area contributed by atoms with Gasteiger partial charge < -0.3 is 5.32 Å². The molecule has 1 atom stereocenters. The van der Waals surface area contributed by atoms with Gasteiger partial charge in [-0.3, -0.25) is 0 Å². The number of thiophene rings is 1. The van der Waals surface area contributed by atoms with E-state index in [1.807, 2.05) is 17.4 Å². The second-order valence-corrected chi connectivity index (χ2v) is 7.17. The van der Waals surface area contributed by atoms with E-state index in [2.05, 4.69) is 47.2 Å². The minimum atomic E-state index is -0.148. The molecule has 0 aliphatic heterocycles. The lowest BCUT2D eigenvalue weighted by molar-refractivity contribution is 0.497. The van der Waals surface area contributed by atoms with Gasteiger partial charge >= 0.3 is 0 Å². The van der Waals surface area contributed by atoms with E-state index in [9.17, 15) is 4.39 Å². The topological polar surface area (TPSA) is 12.0 Å². The maximum Gasteiger partial charge on any atom is 0.129 e. The van der Waals surface area contributed by atoms with E-state index in [0.29, 0.717) is 0 Å². The summed E-state index contributed by atoms with van der Waals surface area (Å²) >= 11 is 5.32. The van der Waals surface area contributed by atoms with Gasteiger partial charge in [-0.25, -0.2) is 4.39 Å². The predicted molar refractivity (Wildman–Crippen MR) is 92.5 cm³/mol. The third-order valence-electron chi connectivity index (χ3n) is 3.46. The van der Waals surface area contributed by atoms with Crippen LogP contribution in [0.3, 0.4) is 0 Å². The molecule has 114 valence electrons. The van der Waals surface area contributed by atoms with Gasteiger partial charge in [0.1, 0.15) is 5.82 Å². The van der Waals surface area contributed by atoms with Crippen molar-refractivity contribution < 1.29 is 4.39 Å². The number of benzene rings is 1. The Morgan fingerprint density at radius 1 is 1.19 bits per heavy atom. The first-order valence-electron chi connectivity index (χ1n) is 7.40. The van der Waals surface area contributed by atoms with Crippen molar-refractivity contribution in [3.8, 4) is 0 Å². The van der Waals surface area contributed by atoms with Crippen LogP contribution in [0.15, 0.2) is 34.8 Å². The number of nitrogens with one attached hydrogen (secondary N) is 1. The Hall–Kier alpha value is -0.710. The molecule has 1 aromatic heterocycles. The van der Waals surface area contributed by atoms with Gasteiger partial charge in [0.2, 0.25) is 0 Å². The molecule has 1 N–H and O–H groups in total. The van der Waals surface area contributed by atoms with Gasteiger partial charge in [0.15, 0.2) is 0 Å². The molecular weight excluding hydrogens is 349 g/mol. The molecule has 2 aromatic rings. The number of halogens is 2. The average Bonchev–Trinajstić information content (AvgIpc) is 2.92. The highest BCUT2D eigenvalue weighted by molar-refractivity contribution is 9.10. The third kappa shape index (κ3) is 4.38. The van der Waals surface area contributed by atoms with Crippen LogP contribution < -0.4 is 5.32 Å². The molecule has 1 unspecified atom stereocenters. The van der Waals surface area contributed by atoms with Gasteiger partial charge in [0.05, 0.1) is 0 Å². The summed E-state index contributed by atoms with van der Waals surface area (Å²) in [6.45, 7) is 5.17. The summed E-state index contributed by atoms with van der Waals surface area (Å²) < 4.78 is 15.1. The monoisotopic (exact) mass is 369 g/mol. The van der Waals surface area contributed by atoms with Crippen LogP contribution in [-0.4, -0.2) is 6.54 Å². The third-order valence-corrected chi connectivity index (χ3v) is 5.40. The molecule has 0 spiro atoms. The lowest BCUT2D eigenvalue weighted by Crippen LogP contribution is -2.25.